The van der Waals surface area contributed by atoms with Gasteiger partial charge in [-0.25, -0.2) is 0 Å². The lowest BCUT2D eigenvalue weighted by Gasteiger charge is -2.17. The van der Waals surface area contributed by atoms with Crippen LogP contribution in [0.2, 0.25) is 0 Å². The SMILES string of the molecule is CC.CCN1CCCC1C. The summed E-state index contributed by atoms with van der Waals surface area (Å²) in [5.74, 6) is 0. The summed E-state index contributed by atoms with van der Waals surface area (Å²) >= 11 is 0. The molecule has 10 heavy (non-hydrogen) atoms. The highest BCUT2D eigenvalue weighted by molar-refractivity contribution is 4.72. The zero-order valence-electron chi connectivity index (χ0n) is 7.85. The second-order valence-corrected chi connectivity index (χ2v) is 2.62. The quantitative estimate of drug-likeness (QED) is 0.545. The lowest BCUT2D eigenvalue weighted by atomic mass is 10.2. The molecule has 0 bridgehead atoms. The van der Waals surface area contributed by atoms with Crippen molar-refractivity contribution in [2.24, 2.45) is 0 Å². The van der Waals surface area contributed by atoms with E-state index in [0.717, 1.165) is 6.04 Å². The Labute approximate surface area is 65.4 Å². The van der Waals surface area contributed by atoms with Gasteiger partial charge in [-0.2, -0.15) is 0 Å². The zero-order valence-corrected chi connectivity index (χ0v) is 7.85. The molecule has 62 valence electrons. The molecule has 0 aromatic heterocycles. The van der Waals surface area contributed by atoms with Crippen molar-refractivity contribution in [2.75, 3.05) is 13.1 Å². The smallest absolute Gasteiger partial charge is 0.00672 e. The van der Waals surface area contributed by atoms with Crippen LogP contribution < -0.4 is 0 Å². The molecule has 1 nitrogen and oxygen atoms in total. The molecule has 0 aromatic rings. The van der Waals surface area contributed by atoms with Crippen LogP contribution in [0.3, 0.4) is 0 Å². The molecule has 1 heteroatoms. The fourth-order valence-corrected chi connectivity index (χ4v) is 1.46. The van der Waals surface area contributed by atoms with Crippen LogP contribution >= 0.6 is 0 Å². The van der Waals surface area contributed by atoms with Crippen molar-refractivity contribution in [1.82, 2.24) is 4.90 Å². The van der Waals surface area contributed by atoms with E-state index in [2.05, 4.69) is 18.7 Å². The van der Waals surface area contributed by atoms with Crippen LogP contribution in [0.4, 0.5) is 0 Å². The molecular formula is C9H21N. The molecule has 1 unspecified atom stereocenters. The van der Waals surface area contributed by atoms with Crippen molar-refractivity contribution in [3.05, 3.63) is 0 Å². The minimum Gasteiger partial charge on any atom is -0.301 e. The standard InChI is InChI=1S/C7H15N.C2H6/c1-3-8-6-4-5-7(8)2;1-2/h7H,3-6H2,1-2H3;1-2H3. The molecule has 0 spiro atoms. The Balaban J connectivity index is 0.000000371. The fraction of sp³-hybridized carbons (Fsp3) is 1.00. The van der Waals surface area contributed by atoms with Crippen LogP contribution in [0.5, 0.6) is 0 Å². The van der Waals surface area contributed by atoms with Gasteiger partial charge >= 0.3 is 0 Å². The Morgan fingerprint density at radius 2 is 2.00 bits per heavy atom. The first-order valence-corrected chi connectivity index (χ1v) is 4.58. The predicted molar refractivity (Wildman–Crippen MR) is 47.3 cm³/mol. The Morgan fingerprint density at radius 3 is 2.20 bits per heavy atom. The van der Waals surface area contributed by atoms with Gasteiger partial charge < -0.3 is 4.90 Å². The lowest BCUT2D eigenvalue weighted by molar-refractivity contribution is 0.284. The summed E-state index contributed by atoms with van der Waals surface area (Å²) in [6.07, 6.45) is 2.82. The van der Waals surface area contributed by atoms with Crippen molar-refractivity contribution in [1.29, 1.82) is 0 Å². The Kier molecular flexibility index (Phi) is 5.70. The fourth-order valence-electron chi connectivity index (χ4n) is 1.46. The second-order valence-electron chi connectivity index (χ2n) is 2.62. The third-order valence-electron chi connectivity index (χ3n) is 2.10. The van der Waals surface area contributed by atoms with E-state index in [1.165, 1.54) is 25.9 Å². The van der Waals surface area contributed by atoms with E-state index in [1.807, 2.05) is 13.8 Å². The molecule has 1 heterocycles. The molecule has 1 atom stereocenters. The Morgan fingerprint density at radius 1 is 1.40 bits per heavy atom. The van der Waals surface area contributed by atoms with Crippen LogP contribution in [0.25, 0.3) is 0 Å². The maximum Gasteiger partial charge on any atom is 0.00672 e. The largest absolute Gasteiger partial charge is 0.301 e. The molecule has 1 aliphatic rings. The topological polar surface area (TPSA) is 3.24 Å². The molecule has 0 radical (unpaired) electrons. The van der Waals surface area contributed by atoms with Crippen LogP contribution in [0, 0.1) is 0 Å². The number of likely N-dealkylation sites (tertiary alicyclic amines) is 1. The van der Waals surface area contributed by atoms with Gasteiger partial charge in [-0.05, 0) is 32.9 Å². The summed E-state index contributed by atoms with van der Waals surface area (Å²) in [6.45, 7) is 11.1. The van der Waals surface area contributed by atoms with Gasteiger partial charge in [0.15, 0.2) is 0 Å². The highest BCUT2D eigenvalue weighted by Gasteiger charge is 2.16. The first-order chi connectivity index (χ1) is 4.84. The van der Waals surface area contributed by atoms with Gasteiger partial charge in [-0.15, -0.1) is 0 Å². The molecule has 0 amide bonds. The van der Waals surface area contributed by atoms with Gasteiger partial charge in [0.2, 0.25) is 0 Å². The molecule has 1 aliphatic heterocycles. The summed E-state index contributed by atoms with van der Waals surface area (Å²) in [6, 6.07) is 0.861. The molecular weight excluding hydrogens is 122 g/mol. The first kappa shape index (κ1) is 9.96. The van der Waals surface area contributed by atoms with Crippen LogP contribution in [-0.4, -0.2) is 24.0 Å². The van der Waals surface area contributed by atoms with Crippen molar-refractivity contribution < 1.29 is 0 Å². The monoisotopic (exact) mass is 143 g/mol. The third-order valence-corrected chi connectivity index (χ3v) is 2.10. The molecule has 0 aromatic carbocycles. The maximum absolute atomic E-state index is 2.53. The van der Waals surface area contributed by atoms with E-state index >= 15 is 0 Å². The first-order valence-electron chi connectivity index (χ1n) is 4.58. The van der Waals surface area contributed by atoms with E-state index in [0.29, 0.717) is 0 Å². The highest BCUT2D eigenvalue weighted by Crippen LogP contribution is 2.14. The van der Waals surface area contributed by atoms with Crippen LogP contribution in [0.15, 0.2) is 0 Å². The molecule has 0 saturated carbocycles. The number of rotatable bonds is 1. The summed E-state index contributed by atoms with van der Waals surface area (Å²) in [7, 11) is 0. The predicted octanol–water partition coefficient (Wildman–Crippen LogP) is 2.52. The van der Waals surface area contributed by atoms with E-state index in [-0.39, 0.29) is 0 Å². The summed E-state index contributed by atoms with van der Waals surface area (Å²) in [5, 5.41) is 0. The number of hydrogen-bond acceptors (Lipinski definition) is 1. The Bertz CT molecular complexity index is 71.1. The molecule has 0 aliphatic carbocycles. The lowest BCUT2D eigenvalue weighted by Crippen LogP contribution is -2.25. The van der Waals surface area contributed by atoms with Crippen LogP contribution in [-0.2, 0) is 0 Å². The minimum atomic E-state index is 0.861. The van der Waals surface area contributed by atoms with Gasteiger partial charge in [0, 0.05) is 6.04 Å². The van der Waals surface area contributed by atoms with Gasteiger partial charge in [0.1, 0.15) is 0 Å². The maximum atomic E-state index is 2.53. The minimum absolute atomic E-state index is 0.861. The van der Waals surface area contributed by atoms with E-state index in [4.69, 9.17) is 0 Å². The number of nitrogens with zero attached hydrogens (tertiary/aromatic N) is 1. The Hall–Kier alpha value is -0.0400. The normalized spacial score (nSPS) is 25.8. The van der Waals surface area contributed by atoms with Gasteiger partial charge in [0.05, 0.1) is 0 Å². The van der Waals surface area contributed by atoms with Crippen molar-refractivity contribution in [2.45, 2.75) is 46.6 Å². The molecule has 0 N–H and O–H groups in total. The van der Waals surface area contributed by atoms with Gasteiger partial charge in [0.25, 0.3) is 0 Å². The molecule has 1 fully saturated rings. The molecule has 1 rings (SSSR count). The average molecular weight is 143 g/mol. The van der Waals surface area contributed by atoms with E-state index < -0.39 is 0 Å². The summed E-state index contributed by atoms with van der Waals surface area (Å²) in [4.78, 5) is 2.53. The van der Waals surface area contributed by atoms with Crippen LogP contribution in [0.1, 0.15) is 40.5 Å². The van der Waals surface area contributed by atoms with Crippen molar-refractivity contribution >= 4 is 0 Å². The molecule has 1 saturated heterocycles. The average Bonchev–Trinajstić information content (AvgIpc) is 2.39. The number of hydrogen-bond donors (Lipinski definition) is 0. The second kappa shape index (κ2) is 5.72. The van der Waals surface area contributed by atoms with Crippen molar-refractivity contribution in [3.8, 4) is 0 Å². The van der Waals surface area contributed by atoms with E-state index in [1.54, 1.807) is 0 Å². The summed E-state index contributed by atoms with van der Waals surface area (Å²) in [5.41, 5.74) is 0. The highest BCUT2D eigenvalue weighted by atomic mass is 15.2. The zero-order chi connectivity index (χ0) is 7.98. The van der Waals surface area contributed by atoms with E-state index in [9.17, 15) is 0 Å². The summed E-state index contributed by atoms with van der Waals surface area (Å²) < 4.78 is 0. The third kappa shape index (κ3) is 2.70. The van der Waals surface area contributed by atoms with Gasteiger partial charge in [-0.3, -0.25) is 0 Å². The van der Waals surface area contributed by atoms with Gasteiger partial charge in [-0.1, -0.05) is 20.8 Å². The van der Waals surface area contributed by atoms with Crippen molar-refractivity contribution in [3.63, 3.8) is 0 Å².